The second kappa shape index (κ2) is 7.98. The molecule has 1 aliphatic rings. The van der Waals surface area contributed by atoms with E-state index in [9.17, 15) is 14.4 Å². The smallest absolute Gasteiger partial charge is 0.411 e. The summed E-state index contributed by atoms with van der Waals surface area (Å²) in [4.78, 5) is 36.0. The highest BCUT2D eigenvalue weighted by molar-refractivity contribution is 6.25. The van der Waals surface area contributed by atoms with Crippen molar-refractivity contribution in [2.75, 3.05) is 6.54 Å². The van der Waals surface area contributed by atoms with E-state index in [0.717, 1.165) is 5.56 Å². The van der Waals surface area contributed by atoms with Crippen LogP contribution in [-0.2, 0) is 20.9 Å². The monoisotopic (exact) mass is 352 g/mol. The van der Waals surface area contributed by atoms with Crippen LogP contribution >= 0.6 is 0 Å². The van der Waals surface area contributed by atoms with Gasteiger partial charge in [-0.05, 0) is 29.8 Å². The number of furan rings is 1. The van der Waals surface area contributed by atoms with E-state index in [-0.39, 0.29) is 19.4 Å². The summed E-state index contributed by atoms with van der Waals surface area (Å²) in [7, 11) is 0. The summed E-state index contributed by atoms with van der Waals surface area (Å²) in [5, 5.41) is 2.58. The Labute approximate surface area is 149 Å². The summed E-state index contributed by atoms with van der Waals surface area (Å²) in [6, 6.07) is 12.6. The van der Waals surface area contributed by atoms with Crippen LogP contribution in [0.4, 0.5) is 4.79 Å². The minimum Gasteiger partial charge on any atom is -0.463 e. The van der Waals surface area contributed by atoms with E-state index >= 15 is 0 Å². The van der Waals surface area contributed by atoms with Gasteiger partial charge >= 0.3 is 6.09 Å². The lowest BCUT2D eigenvalue weighted by molar-refractivity contribution is -0.136. The summed E-state index contributed by atoms with van der Waals surface area (Å²) in [6.45, 7) is 0.148. The Morgan fingerprint density at radius 1 is 1.15 bits per heavy atom. The first kappa shape index (κ1) is 17.2. The standard InChI is InChI=1S/C19H16N2O5/c22-12-18(23)21-11-15(8-9-16(21)17-7-4-10-25-17)20-19(24)26-13-14-5-2-1-3-6-14/h1-10,12H,11,13H2,(H,20,24). The van der Waals surface area contributed by atoms with Crippen molar-refractivity contribution in [1.29, 1.82) is 0 Å². The lowest BCUT2D eigenvalue weighted by atomic mass is 10.1. The molecule has 1 aromatic heterocycles. The number of hydrogen-bond donors (Lipinski definition) is 1. The molecular formula is C19H16N2O5. The SMILES string of the molecule is O=CC(=O)N1CC(NC(=O)OCc2ccccc2)=CC=C1c1ccco1. The summed E-state index contributed by atoms with van der Waals surface area (Å²) >= 11 is 0. The zero-order valence-corrected chi connectivity index (χ0v) is 13.8. The Morgan fingerprint density at radius 3 is 2.65 bits per heavy atom. The van der Waals surface area contributed by atoms with Crippen LogP contribution in [0, 0.1) is 0 Å². The largest absolute Gasteiger partial charge is 0.463 e. The third-order valence-corrected chi connectivity index (χ3v) is 3.68. The van der Waals surface area contributed by atoms with Crippen molar-refractivity contribution in [3.05, 3.63) is 77.9 Å². The highest BCUT2D eigenvalue weighted by Gasteiger charge is 2.25. The lowest BCUT2D eigenvalue weighted by Crippen LogP contribution is -2.38. The molecule has 0 radical (unpaired) electrons. The van der Waals surface area contributed by atoms with Gasteiger partial charge in [-0.25, -0.2) is 4.79 Å². The Kier molecular flexibility index (Phi) is 5.28. The zero-order chi connectivity index (χ0) is 18.4. The molecule has 0 saturated heterocycles. The third-order valence-electron chi connectivity index (χ3n) is 3.68. The van der Waals surface area contributed by atoms with Crippen LogP contribution in [0.1, 0.15) is 11.3 Å². The zero-order valence-electron chi connectivity index (χ0n) is 13.8. The second-order valence-electron chi connectivity index (χ2n) is 5.45. The maximum Gasteiger partial charge on any atom is 0.411 e. The predicted octanol–water partition coefficient (Wildman–Crippen LogP) is 2.47. The number of nitrogens with one attached hydrogen (secondary N) is 1. The average molecular weight is 352 g/mol. The minimum atomic E-state index is -0.738. The average Bonchev–Trinajstić information content (AvgIpc) is 3.21. The molecule has 0 fully saturated rings. The highest BCUT2D eigenvalue weighted by Crippen LogP contribution is 2.24. The van der Waals surface area contributed by atoms with Crippen LogP contribution in [0.3, 0.4) is 0 Å². The van der Waals surface area contributed by atoms with Crippen LogP contribution in [0.15, 0.2) is 71.0 Å². The van der Waals surface area contributed by atoms with Gasteiger partial charge in [-0.15, -0.1) is 0 Å². The number of amides is 2. The van der Waals surface area contributed by atoms with Crippen LogP contribution < -0.4 is 5.32 Å². The number of nitrogens with zero attached hydrogens (tertiary/aromatic N) is 1. The van der Waals surface area contributed by atoms with Gasteiger partial charge in [0, 0.05) is 5.70 Å². The Hall–Kier alpha value is -3.61. The molecule has 1 N–H and O–H groups in total. The molecule has 1 aromatic carbocycles. The molecule has 1 aliphatic heterocycles. The molecule has 2 heterocycles. The topological polar surface area (TPSA) is 88.9 Å². The first-order valence-electron chi connectivity index (χ1n) is 7.86. The summed E-state index contributed by atoms with van der Waals surface area (Å²) in [5.41, 5.74) is 1.72. The minimum absolute atomic E-state index is 0.0184. The van der Waals surface area contributed by atoms with Crippen molar-refractivity contribution in [3.63, 3.8) is 0 Å². The second-order valence-corrected chi connectivity index (χ2v) is 5.45. The molecular weight excluding hydrogens is 336 g/mol. The van der Waals surface area contributed by atoms with E-state index in [0.29, 0.717) is 17.2 Å². The van der Waals surface area contributed by atoms with E-state index in [1.54, 1.807) is 24.3 Å². The van der Waals surface area contributed by atoms with Gasteiger partial charge in [0.25, 0.3) is 5.91 Å². The molecule has 0 aliphatic carbocycles. The molecule has 0 spiro atoms. The maximum absolute atomic E-state index is 12.0. The van der Waals surface area contributed by atoms with Gasteiger partial charge in [0.2, 0.25) is 6.29 Å². The van der Waals surface area contributed by atoms with Crippen molar-refractivity contribution >= 4 is 24.0 Å². The highest BCUT2D eigenvalue weighted by atomic mass is 16.5. The molecule has 7 heteroatoms. The van der Waals surface area contributed by atoms with Gasteiger partial charge < -0.3 is 9.15 Å². The van der Waals surface area contributed by atoms with Gasteiger partial charge in [0.1, 0.15) is 12.4 Å². The molecule has 7 nitrogen and oxygen atoms in total. The van der Waals surface area contributed by atoms with E-state index in [4.69, 9.17) is 9.15 Å². The van der Waals surface area contributed by atoms with Crippen LogP contribution in [0.2, 0.25) is 0 Å². The Balaban J connectivity index is 1.67. The van der Waals surface area contributed by atoms with Gasteiger partial charge in [-0.1, -0.05) is 30.3 Å². The van der Waals surface area contributed by atoms with Gasteiger partial charge in [0.15, 0.2) is 0 Å². The number of carbonyl (C=O) groups excluding carboxylic acids is 3. The number of allylic oxidation sites excluding steroid dienone is 2. The van der Waals surface area contributed by atoms with Gasteiger partial charge in [-0.3, -0.25) is 19.8 Å². The number of carbonyl (C=O) groups is 3. The van der Waals surface area contributed by atoms with Crippen molar-refractivity contribution in [3.8, 4) is 0 Å². The number of hydrogen-bond acceptors (Lipinski definition) is 5. The van der Waals surface area contributed by atoms with Crippen molar-refractivity contribution in [1.82, 2.24) is 10.2 Å². The molecule has 2 aromatic rings. The van der Waals surface area contributed by atoms with E-state index < -0.39 is 12.0 Å². The quantitative estimate of drug-likeness (QED) is 0.660. The number of benzene rings is 1. The van der Waals surface area contributed by atoms with Crippen LogP contribution in [0.25, 0.3) is 5.70 Å². The van der Waals surface area contributed by atoms with E-state index in [1.165, 1.54) is 11.2 Å². The van der Waals surface area contributed by atoms with Crippen molar-refractivity contribution < 1.29 is 23.5 Å². The number of rotatable bonds is 5. The molecule has 0 saturated carbocycles. The summed E-state index contributed by atoms with van der Waals surface area (Å²) in [6.07, 6.45) is 4.27. The van der Waals surface area contributed by atoms with Crippen LogP contribution in [-0.4, -0.2) is 29.7 Å². The Morgan fingerprint density at radius 2 is 1.96 bits per heavy atom. The fraction of sp³-hybridized carbons (Fsp3) is 0.105. The molecule has 132 valence electrons. The summed E-state index contributed by atoms with van der Waals surface area (Å²) in [5.74, 6) is -0.292. The van der Waals surface area contributed by atoms with Gasteiger partial charge in [0.05, 0.1) is 18.5 Å². The van der Waals surface area contributed by atoms with Gasteiger partial charge in [-0.2, -0.15) is 0 Å². The third kappa shape index (κ3) is 4.07. The maximum atomic E-state index is 12.0. The molecule has 3 rings (SSSR count). The number of ether oxygens (including phenoxy) is 1. The molecule has 26 heavy (non-hydrogen) atoms. The lowest BCUT2D eigenvalue weighted by Gasteiger charge is -2.26. The molecule has 2 amide bonds. The van der Waals surface area contributed by atoms with E-state index in [2.05, 4.69) is 5.32 Å². The molecule has 0 bridgehead atoms. The summed E-state index contributed by atoms with van der Waals surface area (Å²) < 4.78 is 10.4. The van der Waals surface area contributed by atoms with Crippen molar-refractivity contribution in [2.45, 2.75) is 6.61 Å². The predicted molar refractivity (Wildman–Crippen MR) is 92.3 cm³/mol. The Bertz CT molecular complexity index is 853. The first-order chi connectivity index (χ1) is 12.7. The van der Waals surface area contributed by atoms with E-state index in [1.807, 2.05) is 30.3 Å². The number of alkyl carbamates (subject to hydrolysis) is 1. The molecule has 0 unspecified atom stereocenters. The first-order valence-corrected chi connectivity index (χ1v) is 7.86. The normalized spacial score (nSPS) is 13.5. The fourth-order valence-corrected chi connectivity index (χ4v) is 2.45. The molecule has 0 atom stereocenters. The van der Waals surface area contributed by atoms with Crippen molar-refractivity contribution in [2.24, 2.45) is 0 Å². The fourth-order valence-electron chi connectivity index (χ4n) is 2.45. The van der Waals surface area contributed by atoms with Crippen LogP contribution in [0.5, 0.6) is 0 Å². The number of aldehydes is 1.